The molecule has 8 heteroatoms. The Balaban J connectivity index is 1.37. The SMILES string of the molecule is N#C/C(=N\Nc1ccc(CNC(=O)OC2c3ccccc3-c3ccccc32)cc1)C(=N)N. The molecule has 0 saturated carbocycles. The number of amides is 1. The molecular formula is C24H20N6O2. The van der Waals surface area contributed by atoms with Crippen LogP contribution in [-0.2, 0) is 11.3 Å². The van der Waals surface area contributed by atoms with E-state index in [9.17, 15) is 4.79 Å². The van der Waals surface area contributed by atoms with E-state index in [0.717, 1.165) is 27.8 Å². The summed E-state index contributed by atoms with van der Waals surface area (Å²) in [4.78, 5) is 12.5. The number of fused-ring (bicyclic) bond motifs is 3. The number of nitrogens with two attached hydrogens (primary N) is 1. The third-order valence-electron chi connectivity index (χ3n) is 5.05. The first-order valence-corrected chi connectivity index (χ1v) is 9.86. The van der Waals surface area contributed by atoms with Crippen molar-refractivity contribution in [2.24, 2.45) is 10.8 Å². The highest BCUT2D eigenvalue weighted by atomic mass is 16.6. The molecule has 0 unspecified atom stereocenters. The molecule has 0 radical (unpaired) electrons. The zero-order chi connectivity index (χ0) is 22.5. The number of carbonyl (C=O) groups is 1. The lowest BCUT2D eigenvalue weighted by atomic mass is 10.1. The van der Waals surface area contributed by atoms with Crippen LogP contribution in [0.5, 0.6) is 0 Å². The third-order valence-corrected chi connectivity index (χ3v) is 5.05. The Hall–Kier alpha value is -4.64. The van der Waals surface area contributed by atoms with E-state index >= 15 is 0 Å². The molecule has 1 aliphatic rings. The van der Waals surface area contributed by atoms with Gasteiger partial charge < -0.3 is 15.8 Å². The summed E-state index contributed by atoms with van der Waals surface area (Å²) in [5, 5.41) is 22.7. The molecule has 0 bridgehead atoms. The minimum absolute atomic E-state index is 0.200. The highest BCUT2D eigenvalue weighted by molar-refractivity contribution is 6.45. The summed E-state index contributed by atoms with van der Waals surface area (Å²) in [7, 11) is 0. The Morgan fingerprint density at radius 1 is 1.03 bits per heavy atom. The second-order valence-electron chi connectivity index (χ2n) is 7.11. The smallest absolute Gasteiger partial charge is 0.408 e. The number of nitriles is 1. The van der Waals surface area contributed by atoms with Gasteiger partial charge in [-0.05, 0) is 28.8 Å². The summed E-state index contributed by atoms with van der Waals surface area (Å²) in [6.45, 7) is 0.287. The van der Waals surface area contributed by atoms with Crippen LogP contribution in [0.1, 0.15) is 22.8 Å². The first kappa shape index (κ1) is 20.6. The van der Waals surface area contributed by atoms with Gasteiger partial charge in [0.15, 0.2) is 11.9 Å². The molecule has 0 aliphatic heterocycles. The molecule has 4 rings (SSSR count). The van der Waals surface area contributed by atoms with Crippen molar-refractivity contribution in [1.82, 2.24) is 5.32 Å². The lowest BCUT2D eigenvalue weighted by Crippen LogP contribution is -2.25. The fourth-order valence-corrected chi connectivity index (χ4v) is 3.52. The van der Waals surface area contributed by atoms with Crippen molar-refractivity contribution in [3.05, 3.63) is 89.5 Å². The monoisotopic (exact) mass is 424 g/mol. The molecule has 3 aromatic carbocycles. The summed E-state index contributed by atoms with van der Waals surface area (Å²) in [6, 6.07) is 24.7. The molecule has 32 heavy (non-hydrogen) atoms. The molecular weight excluding hydrogens is 404 g/mol. The molecule has 1 aliphatic carbocycles. The standard InChI is InChI=1S/C24H20N6O2/c25-13-21(23(26)27)30-29-16-11-9-15(10-12-16)14-28-24(31)32-22-19-7-3-1-5-17(19)18-6-2-4-8-20(18)22/h1-12,22,29H,14H2,(H3,26,27)(H,28,31)/b30-21+. The van der Waals surface area contributed by atoms with Crippen molar-refractivity contribution in [2.45, 2.75) is 12.6 Å². The van der Waals surface area contributed by atoms with Gasteiger partial charge in [-0.1, -0.05) is 60.7 Å². The maximum atomic E-state index is 12.5. The second-order valence-corrected chi connectivity index (χ2v) is 7.11. The third kappa shape index (κ3) is 4.27. The maximum absolute atomic E-state index is 12.5. The summed E-state index contributed by atoms with van der Waals surface area (Å²) in [5.74, 6) is -0.410. The Bertz CT molecular complexity index is 1200. The molecule has 3 aromatic rings. The number of hydrogen-bond acceptors (Lipinski definition) is 6. The Morgan fingerprint density at radius 3 is 2.19 bits per heavy atom. The number of alkyl carbamates (subject to hydrolysis) is 1. The van der Waals surface area contributed by atoms with E-state index in [1.165, 1.54) is 0 Å². The highest BCUT2D eigenvalue weighted by Crippen LogP contribution is 2.44. The van der Waals surface area contributed by atoms with Gasteiger partial charge in [-0.2, -0.15) is 10.4 Å². The molecule has 1 amide bonds. The topological polar surface area (TPSA) is 136 Å². The average Bonchev–Trinajstić information content (AvgIpc) is 3.12. The van der Waals surface area contributed by atoms with Crippen molar-refractivity contribution in [2.75, 3.05) is 5.43 Å². The highest BCUT2D eigenvalue weighted by Gasteiger charge is 2.30. The molecule has 158 valence electrons. The van der Waals surface area contributed by atoms with E-state index in [1.807, 2.05) is 48.5 Å². The molecule has 5 N–H and O–H groups in total. The number of hydrogen-bond donors (Lipinski definition) is 4. The summed E-state index contributed by atoms with van der Waals surface area (Å²) >= 11 is 0. The average molecular weight is 424 g/mol. The number of nitrogens with zero attached hydrogens (tertiary/aromatic N) is 2. The normalized spacial score (nSPS) is 12.3. The van der Waals surface area contributed by atoms with Crippen LogP contribution in [0.3, 0.4) is 0 Å². The van der Waals surface area contributed by atoms with Gasteiger partial charge in [0.25, 0.3) is 0 Å². The van der Waals surface area contributed by atoms with Crippen molar-refractivity contribution in [1.29, 1.82) is 10.7 Å². The molecule has 0 saturated heterocycles. The van der Waals surface area contributed by atoms with Crippen LogP contribution in [0.25, 0.3) is 11.1 Å². The van der Waals surface area contributed by atoms with Gasteiger partial charge in [0.2, 0.25) is 5.71 Å². The number of amidine groups is 1. The van der Waals surface area contributed by atoms with Crippen LogP contribution < -0.4 is 16.5 Å². The van der Waals surface area contributed by atoms with Crippen molar-refractivity contribution in [3.8, 4) is 17.2 Å². The molecule has 0 aromatic heterocycles. The Morgan fingerprint density at radius 2 is 1.62 bits per heavy atom. The van der Waals surface area contributed by atoms with Crippen molar-refractivity contribution < 1.29 is 9.53 Å². The summed E-state index contributed by atoms with van der Waals surface area (Å²) in [5.41, 5.74) is 13.3. The van der Waals surface area contributed by atoms with Gasteiger partial charge >= 0.3 is 6.09 Å². The van der Waals surface area contributed by atoms with Gasteiger partial charge in [-0.15, -0.1) is 0 Å². The molecule has 8 nitrogen and oxygen atoms in total. The number of ether oxygens (including phenoxy) is 1. The number of nitrogens with one attached hydrogen (secondary N) is 3. The minimum atomic E-state index is -0.506. The van der Waals surface area contributed by atoms with Crippen LogP contribution in [0.4, 0.5) is 10.5 Å². The van der Waals surface area contributed by atoms with E-state index in [1.54, 1.807) is 30.3 Å². The van der Waals surface area contributed by atoms with Crippen molar-refractivity contribution >= 4 is 23.3 Å². The Kier molecular flexibility index (Phi) is 5.81. The largest absolute Gasteiger partial charge is 0.436 e. The fourth-order valence-electron chi connectivity index (χ4n) is 3.52. The number of rotatable bonds is 6. The van der Waals surface area contributed by atoms with Crippen LogP contribution in [0, 0.1) is 16.7 Å². The summed E-state index contributed by atoms with van der Waals surface area (Å²) in [6.07, 6.45) is -0.948. The van der Waals surface area contributed by atoms with E-state index < -0.39 is 18.0 Å². The van der Waals surface area contributed by atoms with E-state index in [-0.39, 0.29) is 12.3 Å². The molecule has 0 fully saturated rings. The second kappa shape index (κ2) is 9.02. The Labute approximate surface area is 184 Å². The maximum Gasteiger partial charge on any atom is 0.408 e. The molecule has 0 spiro atoms. The number of benzene rings is 3. The number of hydrazone groups is 1. The lowest BCUT2D eigenvalue weighted by Gasteiger charge is -2.15. The van der Waals surface area contributed by atoms with Crippen LogP contribution in [0.15, 0.2) is 77.9 Å². The van der Waals surface area contributed by atoms with Gasteiger partial charge in [-0.3, -0.25) is 10.8 Å². The molecule has 0 atom stereocenters. The quantitative estimate of drug-likeness (QED) is 0.270. The zero-order valence-corrected chi connectivity index (χ0v) is 17.0. The van der Waals surface area contributed by atoms with Gasteiger partial charge in [0, 0.05) is 17.7 Å². The first-order valence-electron chi connectivity index (χ1n) is 9.86. The zero-order valence-electron chi connectivity index (χ0n) is 17.0. The lowest BCUT2D eigenvalue weighted by molar-refractivity contribution is 0.118. The molecule has 0 heterocycles. The number of anilines is 1. The number of carbonyl (C=O) groups excluding carboxylic acids is 1. The van der Waals surface area contributed by atoms with Crippen LogP contribution in [-0.4, -0.2) is 17.6 Å². The van der Waals surface area contributed by atoms with E-state index in [0.29, 0.717) is 5.69 Å². The van der Waals surface area contributed by atoms with Crippen LogP contribution >= 0.6 is 0 Å². The predicted octanol–water partition coefficient (Wildman–Crippen LogP) is 3.91. The summed E-state index contributed by atoms with van der Waals surface area (Å²) < 4.78 is 5.77. The van der Waals surface area contributed by atoms with E-state index in [4.69, 9.17) is 21.1 Å². The van der Waals surface area contributed by atoms with Gasteiger partial charge in [0.1, 0.15) is 6.07 Å². The minimum Gasteiger partial charge on any atom is -0.436 e. The fraction of sp³-hybridized carbons (Fsp3) is 0.0833. The van der Waals surface area contributed by atoms with Gasteiger partial charge in [-0.25, -0.2) is 4.79 Å². The predicted molar refractivity (Wildman–Crippen MR) is 122 cm³/mol. The van der Waals surface area contributed by atoms with Crippen LogP contribution in [0.2, 0.25) is 0 Å². The first-order chi connectivity index (χ1) is 15.6. The van der Waals surface area contributed by atoms with Crippen molar-refractivity contribution in [3.63, 3.8) is 0 Å². The van der Waals surface area contributed by atoms with E-state index in [2.05, 4.69) is 15.8 Å². The van der Waals surface area contributed by atoms with Gasteiger partial charge in [0.05, 0.1) is 5.69 Å².